The molecule has 0 unspecified atom stereocenters. The maximum atomic E-state index is 11.0. The molecule has 0 saturated heterocycles. The van der Waals surface area contributed by atoms with Gasteiger partial charge in [-0.25, -0.2) is 9.59 Å². The number of halogens is 1. The molecule has 2 heterocycles. The van der Waals surface area contributed by atoms with Gasteiger partial charge in [-0.15, -0.1) is 0 Å². The van der Waals surface area contributed by atoms with Crippen LogP contribution in [0.5, 0.6) is 0 Å². The van der Waals surface area contributed by atoms with E-state index < -0.39 is 0 Å². The standard InChI is InChI=1S/C9H11NO2.C8H8BrNO2.2CH4/c1-6-4-8(9(11)12-3)5-10-7(6)2;1-5-7(9)3-6(4-10-5)8(11)12-2;;/h4-5H,1-3H3;3-4H,1-2H3;2*1H4. The smallest absolute Gasteiger partial charge is 0.339 e. The number of ether oxygens (including phenoxy) is 2. The quantitative estimate of drug-likeness (QED) is 0.647. The molecule has 0 fully saturated rings. The minimum Gasteiger partial charge on any atom is -0.465 e. The number of esters is 2. The zero-order valence-corrected chi connectivity index (χ0v) is 15.8. The van der Waals surface area contributed by atoms with Gasteiger partial charge >= 0.3 is 11.9 Å². The topological polar surface area (TPSA) is 78.4 Å². The van der Waals surface area contributed by atoms with Gasteiger partial charge in [-0.3, -0.25) is 9.97 Å². The number of hydrogen-bond donors (Lipinski definition) is 0. The highest BCUT2D eigenvalue weighted by Gasteiger charge is 2.07. The molecule has 0 bridgehead atoms. The summed E-state index contributed by atoms with van der Waals surface area (Å²) in [6, 6.07) is 3.46. The summed E-state index contributed by atoms with van der Waals surface area (Å²) in [7, 11) is 2.70. The van der Waals surface area contributed by atoms with Gasteiger partial charge < -0.3 is 9.47 Å². The fraction of sp³-hybridized carbons (Fsp3) is 0.368. The van der Waals surface area contributed by atoms with E-state index in [0.717, 1.165) is 21.4 Å². The van der Waals surface area contributed by atoms with Crippen LogP contribution in [0.1, 0.15) is 52.5 Å². The van der Waals surface area contributed by atoms with Crippen molar-refractivity contribution in [1.82, 2.24) is 9.97 Å². The molecule has 0 atom stereocenters. The number of nitrogens with zero attached hydrogens (tertiary/aromatic N) is 2. The Morgan fingerprint density at radius 1 is 0.846 bits per heavy atom. The van der Waals surface area contributed by atoms with Gasteiger partial charge in [0.2, 0.25) is 0 Å². The number of hydrogen-bond acceptors (Lipinski definition) is 6. The lowest BCUT2D eigenvalue weighted by atomic mass is 10.2. The van der Waals surface area contributed by atoms with E-state index in [9.17, 15) is 9.59 Å². The Kier molecular flexibility index (Phi) is 12.1. The monoisotopic (exact) mass is 426 g/mol. The molecule has 2 aromatic heterocycles. The summed E-state index contributed by atoms with van der Waals surface area (Å²) >= 11 is 3.27. The first-order valence-corrected chi connectivity index (χ1v) is 7.81. The Balaban J connectivity index is 0. The number of aryl methyl sites for hydroxylation is 3. The number of carbonyl (C=O) groups is 2. The van der Waals surface area contributed by atoms with Crippen molar-refractivity contribution < 1.29 is 19.1 Å². The Morgan fingerprint density at radius 2 is 1.27 bits per heavy atom. The Bertz CT molecular complexity index is 685. The molecule has 0 saturated carbocycles. The van der Waals surface area contributed by atoms with E-state index in [-0.39, 0.29) is 26.8 Å². The van der Waals surface area contributed by atoms with Gasteiger partial charge in [0.05, 0.1) is 31.0 Å². The van der Waals surface area contributed by atoms with Crippen molar-refractivity contribution in [3.8, 4) is 0 Å². The third-order valence-corrected chi connectivity index (χ3v) is 4.01. The highest BCUT2D eigenvalue weighted by Crippen LogP contribution is 2.15. The van der Waals surface area contributed by atoms with Crippen LogP contribution in [-0.2, 0) is 9.47 Å². The zero-order valence-electron chi connectivity index (χ0n) is 14.2. The van der Waals surface area contributed by atoms with Crippen LogP contribution >= 0.6 is 15.9 Å². The highest BCUT2D eigenvalue weighted by molar-refractivity contribution is 9.10. The second-order valence-corrected chi connectivity index (χ2v) is 5.76. The third-order valence-electron chi connectivity index (χ3n) is 3.21. The van der Waals surface area contributed by atoms with Crippen LogP contribution in [0.2, 0.25) is 0 Å². The maximum Gasteiger partial charge on any atom is 0.339 e. The lowest BCUT2D eigenvalue weighted by molar-refractivity contribution is 0.0591. The number of carbonyl (C=O) groups excluding carboxylic acids is 2. The summed E-state index contributed by atoms with van der Waals surface area (Å²) in [6.45, 7) is 5.66. The fourth-order valence-electron chi connectivity index (χ4n) is 1.61. The van der Waals surface area contributed by atoms with Crippen molar-refractivity contribution in [3.05, 3.63) is 57.1 Å². The molecule has 26 heavy (non-hydrogen) atoms. The van der Waals surface area contributed by atoms with Crippen molar-refractivity contribution in [1.29, 1.82) is 0 Å². The van der Waals surface area contributed by atoms with Crippen molar-refractivity contribution in [2.75, 3.05) is 14.2 Å². The zero-order chi connectivity index (χ0) is 18.3. The van der Waals surface area contributed by atoms with E-state index in [2.05, 4.69) is 35.4 Å². The lowest BCUT2D eigenvalue weighted by Crippen LogP contribution is -2.03. The van der Waals surface area contributed by atoms with Crippen LogP contribution in [0.15, 0.2) is 29.0 Å². The Hall–Kier alpha value is -2.28. The van der Waals surface area contributed by atoms with Crippen LogP contribution < -0.4 is 0 Å². The fourth-order valence-corrected chi connectivity index (χ4v) is 1.96. The van der Waals surface area contributed by atoms with Crippen LogP contribution in [0.4, 0.5) is 0 Å². The van der Waals surface area contributed by atoms with Crippen LogP contribution in [-0.4, -0.2) is 36.1 Å². The van der Waals surface area contributed by atoms with Crippen molar-refractivity contribution >= 4 is 27.9 Å². The highest BCUT2D eigenvalue weighted by atomic mass is 79.9. The average Bonchev–Trinajstić information content (AvgIpc) is 2.58. The molecule has 0 N–H and O–H groups in total. The van der Waals surface area contributed by atoms with E-state index in [4.69, 9.17) is 0 Å². The molecular weight excluding hydrogens is 400 g/mol. The largest absolute Gasteiger partial charge is 0.465 e. The Morgan fingerprint density at radius 3 is 1.65 bits per heavy atom. The predicted octanol–water partition coefficient (Wildman–Crippen LogP) is 4.70. The van der Waals surface area contributed by atoms with E-state index in [1.54, 1.807) is 12.1 Å². The molecule has 6 nitrogen and oxygen atoms in total. The lowest BCUT2D eigenvalue weighted by Gasteiger charge is -2.01. The average molecular weight is 427 g/mol. The summed E-state index contributed by atoms with van der Waals surface area (Å²) < 4.78 is 9.89. The van der Waals surface area contributed by atoms with Crippen LogP contribution in [0.3, 0.4) is 0 Å². The second kappa shape index (κ2) is 12.1. The van der Waals surface area contributed by atoms with Crippen molar-refractivity contribution in [2.45, 2.75) is 35.6 Å². The number of rotatable bonds is 2. The van der Waals surface area contributed by atoms with Gasteiger partial charge in [-0.05, 0) is 54.4 Å². The summed E-state index contributed by atoms with van der Waals surface area (Å²) in [5.41, 5.74) is 3.73. The third kappa shape index (κ3) is 7.31. The van der Waals surface area contributed by atoms with E-state index in [1.165, 1.54) is 26.6 Å². The molecule has 144 valence electrons. The molecule has 2 aromatic rings. The Labute approximate surface area is 164 Å². The molecule has 0 aromatic carbocycles. The first-order valence-electron chi connectivity index (χ1n) is 7.02. The normalized spacial score (nSPS) is 8.85. The molecule has 0 aliphatic rings. The van der Waals surface area contributed by atoms with Gasteiger partial charge in [0.15, 0.2) is 0 Å². The second-order valence-electron chi connectivity index (χ2n) is 4.90. The van der Waals surface area contributed by atoms with Gasteiger partial charge in [0.1, 0.15) is 0 Å². The van der Waals surface area contributed by atoms with Gasteiger partial charge in [0.25, 0.3) is 0 Å². The van der Waals surface area contributed by atoms with Crippen LogP contribution in [0.25, 0.3) is 0 Å². The molecular formula is C19H27BrN2O4. The molecule has 0 aliphatic carbocycles. The summed E-state index contributed by atoms with van der Waals surface area (Å²) in [5.74, 6) is -0.714. The first-order chi connectivity index (χ1) is 11.3. The SMILES string of the molecule is C.C.COC(=O)c1cnc(C)c(Br)c1.COC(=O)c1cnc(C)c(C)c1. The molecule has 0 spiro atoms. The predicted molar refractivity (Wildman–Crippen MR) is 107 cm³/mol. The first kappa shape index (κ1) is 26.0. The van der Waals surface area contributed by atoms with Crippen molar-refractivity contribution in [3.63, 3.8) is 0 Å². The summed E-state index contributed by atoms with van der Waals surface area (Å²) in [4.78, 5) is 30.1. The molecule has 0 amide bonds. The van der Waals surface area contributed by atoms with E-state index in [1.807, 2.05) is 20.8 Å². The minimum absolute atomic E-state index is 0. The number of aromatic nitrogens is 2. The summed E-state index contributed by atoms with van der Waals surface area (Å²) in [5, 5.41) is 0. The number of pyridine rings is 2. The minimum atomic E-state index is -0.372. The van der Waals surface area contributed by atoms with Gasteiger partial charge in [0, 0.05) is 22.6 Å². The molecule has 2 rings (SSSR count). The van der Waals surface area contributed by atoms with Crippen LogP contribution in [0, 0.1) is 20.8 Å². The maximum absolute atomic E-state index is 11.0. The van der Waals surface area contributed by atoms with Crippen molar-refractivity contribution in [2.24, 2.45) is 0 Å². The van der Waals surface area contributed by atoms with Gasteiger partial charge in [-0.1, -0.05) is 14.9 Å². The molecule has 0 radical (unpaired) electrons. The van der Waals surface area contributed by atoms with E-state index in [0.29, 0.717) is 11.1 Å². The number of methoxy groups -OCH3 is 2. The molecule has 0 aliphatic heterocycles. The summed E-state index contributed by atoms with van der Waals surface area (Å²) in [6.07, 6.45) is 3.01. The van der Waals surface area contributed by atoms with Gasteiger partial charge in [-0.2, -0.15) is 0 Å². The van der Waals surface area contributed by atoms with E-state index >= 15 is 0 Å². The molecule has 7 heteroatoms.